The van der Waals surface area contributed by atoms with Crippen LogP contribution in [0.3, 0.4) is 0 Å². The Bertz CT molecular complexity index is 879. The second kappa shape index (κ2) is 8.01. The van der Waals surface area contributed by atoms with Crippen LogP contribution in [0.2, 0.25) is 5.02 Å². The molecule has 2 aromatic carbocycles. The van der Waals surface area contributed by atoms with Gasteiger partial charge in [-0.25, -0.2) is 9.67 Å². The third-order valence-corrected chi connectivity index (χ3v) is 4.28. The van der Waals surface area contributed by atoms with Crippen LogP contribution < -0.4 is 10.1 Å². The Morgan fingerprint density at radius 1 is 1.27 bits per heavy atom. The number of hydrogen-bond donors (Lipinski definition) is 1. The lowest BCUT2D eigenvalue weighted by molar-refractivity contribution is -0.121. The topological polar surface area (TPSA) is 69.0 Å². The SMILES string of the molecule is COc1ccc(Cl)cc1CC(=O)NC(C)c1ccc(-n2cncn2)cc1. The first-order valence-electron chi connectivity index (χ1n) is 8.13. The zero-order chi connectivity index (χ0) is 18.5. The molecule has 6 nitrogen and oxygen atoms in total. The summed E-state index contributed by atoms with van der Waals surface area (Å²) in [5, 5.41) is 7.66. The lowest BCUT2D eigenvalue weighted by Crippen LogP contribution is -2.28. The van der Waals surface area contributed by atoms with Crippen molar-refractivity contribution in [1.29, 1.82) is 0 Å². The van der Waals surface area contributed by atoms with Crippen LogP contribution in [0, 0.1) is 0 Å². The molecule has 0 bridgehead atoms. The average molecular weight is 371 g/mol. The maximum atomic E-state index is 12.4. The maximum Gasteiger partial charge on any atom is 0.225 e. The predicted molar refractivity (Wildman–Crippen MR) is 99.6 cm³/mol. The number of benzene rings is 2. The highest BCUT2D eigenvalue weighted by Crippen LogP contribution is 2.23. The van der Waals surface area contributed by atoms with Gasteiger partial charge < -0.3 is 10.1 Å². The Balaban J connectivity index is 1.65. The van der Waals surface area contributed by atoms with Gasteiger partial charge in [0, 0.05) is 10.6 Å². The number of methoxy groups -OCH3 is 1. The molecule has 1 atom stereocenters. The molecule has 26 heavy (non-hydrogen) atoms. The van der Waals surface area contributed by atoms with Crippen LogP contribution in [-0.4, -0.2) is 27.8 Å². The summed E-state index contributed by atoms with van der Waals surface area (Å²) in [6.45, 7) is 1.94. The van der Waals surface area contributed by atoms with Crippen molar-refractivity contribution in [3.8, 4) is 11.4 Å². The minimum Gasteiger partial charge on any atom is -0.496 e. The summed E-state index contributed by atoms with van der Waals surface area (Å²) in [4.78, 5) is 16.3. The van der Waals surface area contributed by atoms with Crippen molar-refractivity contribution in [2.24, 2.45) is 0 Å². The summed E-state index contributed by atoms with van der Waals surface area (Å²) in [7, 11) is 1.57. The van der Waals surface area contributed by atoms with Gasteiger partial charge in [0.05, 0.1) is 25.3 Å². The molecule has 0 aliphatic carbocycles. The molecule has 7 heteroatoms. The fourth-order valence-corrected chi connectivity index (χ4v) is 2.89. The van der Waals surface area contributed by atoms with Crippen LogP contribution in [0.5, 0.6) is 5.75 Å². The first-order valence-corrected chi connectivity index (χ1v) is 8.51. The highest BCUT2D eigenvalue weighted by Gasteiger charge is 2.13. The summed E-state index contributed by atoms with van der Waals surface area (Å²) >= 11 is 6.02. The number of hydrogen-bond acceptors (Lipinski definition) is 4. The summed E-state index contributed by atoms with van der Waals surface area (Å²) in [5.41, 5.74) is 2.67. The number of nitrogens with zero attached hydrogens (tertiary/aromatic N) is 3. The van der Waals surface area contributed by atoms with Gasteiger partial charge in [-0.2, -0.15) is 5.10 Å². The van der Waals surface area contributed by atoms with Crippen LogP contribution in [0.15, 0.2) is 55.1 Å². The Kier molecular flexibility index (Phi) is 5.53. The van der Waals surface area contributed by atoms with Crippen LogP contribution in [-0.2, 0) is 11.2 Å². The number of aromatic nitrogens is 3. The highest BCUT2D eigenvalue weighted by atomic mass is 35.5. The molecule has 134 valence electrons. The molecule has 1 heterocycles. The molecular formula is C19H19ClN4O2. The van der Waals surface area contributed by atoms with E-state index >= 15 is 0 Å². The zero-order valence-electron chi connectivity index (χ0n) is 14.5. The molecule has 3 rings (SSSR count). The van der Waals surface area contributed by atoms with E-state index in [4.69, 9.17) is 16.3 Å². The second-order valence-electron chi connectivity index (χ2n) is 5.85. The van der Waals surface area contributed by atoms with Gasteiger partial charge in [-0.15, -0.1) is 0 Å². The highest BCUT2D eigenvalue weighted by molar-refractivity contribution is 6.30. The lowest BCUT2D eigenvalue weighted by atomic mass is 10.1. The normalized spacial score (nSPS) is 11.8. The average Bonchev–Trinajstić information content (AvgIpc) is 3.16. The van der Waals surface area contributed by atoms with Gasteiger partial charge in [-0.1, -0.05) is 23.7 Å². The zero-order valence-corrected chi connectivity index (χ0v) is 15.3. The maximum absolute atomic E-state index is 12.4. The van der Waals surface area contributed by atoms with Gasteiger partial charge in [0.15, 0.2) is 0 Å². The first kappa shape index (κ1) is 17.9. The van der Waals surface area contributed by atoms with E-state index in [-0.39, 0.29) is 18.4 Å². The van der Waals surface area contributed by atoms with Crippen molar-refractivity contribution in [3.05, 3.63) is 71.3 Å². The van der Waals surface area contributed by atoms with Crippen LogP contribution in [0.25, 0.3) is 5.69 Å². The molecule has 0 fully saturated rings. The molecule has 0 aliphatic rings. The molecule has 1 aromatic heterocycles. The first-order chi connectivity index (χ1) is 12.6. The van der Waals surface area contributed by atoms with Crippen molar-refractivity contribution in [2.45, 2.75) is 19.4 Å². The number of nitrogens with one attached hydrogen (secondary N) is 1. The molecule has 0 radical (unpaired) electrons. The lowest BCUT2D eigenvalue weighted by Gasteiger charge is -2.16. The van der Waals surface area contributed by atoms with E-state index in [1.54, 1.807) is 36.3 Å². The third kappa shape index (κ3) is 4.21. The van der Waals surface area contributed by atoms with Gasteiger partial charge in [0.2, 0.25) is 5.91 Å². The summed E-state index contributed by atoms with van der Waals surface area (Å²) in [6, 6.07) is 12.9. The Morgan fingerprint density at radius 3 is 2.69 bits per heavy atom. The van der Waals surface area contributed by atoms with Gasteiger partial charge in [0.1, 0.15) is 18.4 Å². The standard InChI is InChI=1S/C19H19ClN4O2/c1-13(14-3-6-17(7-4-14)24-12-21-11-22-24)23-19(25)10-15-9-16(20)5-8-18(15)26-2/h3-9,11-13H,10H2,1-2H3,(H,23,25). The molecule has 0 saturated carbocycles. The summed E-state index contributed by atoms with van der Waals surface area (Å²) < 4.78 is 6.97. The number of carbonyl (C=O) groups excluding carboxylic acids is 1. The number of halogens is 1. The minimum atomic E-state index is -0.127. The van der Waals surface area contributed by atoms with Gasteiger partial charge in [-0.3, -0.25) is 4.79 Å². The van der Waals surface area contributed by atoms with E-state index < -0.39 is 0 Å². The molecule has 0 aliphatic heterocycles. The molecule has 1 N–H and O–H groups in total. The number of ether oxygens (including phenoxy) is 1. The van der Waals surface area contributed by atoms with Crippen molar-refractivity contribution in [1.82, 2.24) is 20.1 Å². The molecule has 1 unspecified atom stereocenters. The second-order valence-corrected chi connectivity index (χ2v) is 6.29. The number of amides is 1. The van der Waals surface area contributed by atoms with Gasteiger partial charge >= 0.3 is 0 Å². The fraction of sp³-hybridized carbons (Fsp3) is 0.211. The quantitative estimate of drug-likeness (QED) is 0.722. The third-order valence-electron chi connectivity index (χ3n) is 4.05. The van der Waals surface area contributed by atoms with E-state index in [0.29, 0.717) is 10.8 Å². The minimum absolute atomic E-state index is 0.0987. The van der Waals surface area contributed by atoms with Crippen molar-refractivity contribution < 1.29 is 9.53 Å². The van der Waals surface area contributed by atoms with E-state index in [2.05, 4.69) is 15.4 Å². The van der Waals surface area contributed by atoms with Gasteiger partial charge in [0.25, 0.3) is 0 Å². The molecule has 3 aromatic rings. The van der Waals surface area contributed by atoms with Crippen LogP contribution >= 0.6 is 11.6 Å². The van der Waals surface area contributed by atoms with Crippen LogP contribution in [0.1, 0.15) is 24.1 Å². The molecular weight excluding hydrogens is 352 g/mol. The van der Waals surface area contributed by atoms with Crippen molar-refractivity contribution >= 4 is 17.5 Å². The molecule has 1 amide bonds. The largest absolute Gasteiger partial charge is 0.496 e. The predicted octanol–water partition coefficient (Wildman–Crippen LogP) is 3.35. The van der Waals surface area contributed by atoms with E-state index in [9.17, 15) is 4.79 Å². The van der Waals surface area contributed by atoms with Gasteiger partial charge in [-0.05, 0) is 42.8 Å². The Hall–Kier alpha value is -2.86. The van der Waals surface area contributed by atoms with Crippen molar-refractivity contribution in [3.63, 3.8) is 0 Å². The summed E-state index contributed by atoms with van der Waals surface area (Å²) in [5.74, 6) is 0.549. The monoisotopic (exact) mass is 370 g/mol. The van der Waals surface area contributed by atoms with Crippen LogP contribution in [0.4, 0.5) is 0 Å². The number of carbonyl (C=O) groups is 1. The smallest absolute Gasteiger partial charge is 0.225 e. The fourth-order valence-electron chi connectivity index (χ4n) is 2.69. The van der Waals surface area contributed by atoms with E-state index in [0.717, 1.165) is 16.8 Å². The van der Waals surface area contributed by atoms with E-state index in [1.807, 2.05) is 31.2 Å². The van der Waals surface area contributed by atoms with Crippen molar-refractivity contribution in [2.75, 3.05) is 7.11 Å². The Labute approximate surface area is 156 Å². The number of rotatable bonds is 6. The Morgan fingerprint density at radius 2 is 2.04 bits per heavy atom. The van der Waals surface area contributed by atoms with E-state index in [1.165, 1.54) is 6.33 Å². The summed E-state index contributed by atoms with van der Waals surface area (Å²) in [6.07, 6.45) is 3.32. The molecule has 0 saturated heterocycles. The molecule has 0 spiro atoms.